The molecule has 0 aliphatic heterocycles. The molecule has 0 unspecified atom stereocenters. The average Bonchev–Trinajstić information content (AvgIpc) is 2.21. The molecular weight excluding hydrogens is 263 g/mol. The number of hydrogen-bond donors (Lipinski definition) is 6. The fraction of sp³-hybridized carbons (Fsp3) is 0.667. The zero-order chi connectivity index (χ0) is 13.8. The van der Waals surface area contributed by atoms with Crippen LogP contribution >= 0.6 is 7.82 Å². The Morgan fingerprint density at radius 2 is 1.65 bits per heavy atom. The number of aliphatic carboxylic acids is 1. The summed E-state index contributed by atoms with van der Waals surface area (Å²) in [5, 5.41) is 35.4. The highest BCUT2D eigenvalue weighted by molar-refractivity contribution is 7.46. The first-order valence-electron chi connectivity index (χ1n) is 4.06. The average molecular weight is 274 g/mol. The zero-order valence-electron chi connectivity index (χ0n) is 8.15. The van der Waals surface area contributed by atoms with Crippen LogP contribution in [0.3, 0.4) is 0 Å². The SMILES string of the molecule is O=C[C@H](OP(=O)(O)O)[C@@H](O)[C@H](O)[C@H](O)C(=O)O. The summed E-state index contributed by atoms with van der Waals surface area (Å²) in [5.74, 6) is -1.89. The highest BCUT2D eigenvalue weighted by atomic mass is 31.2. The number of carboxylic acid groups (broad SMARTS) is 1. The first-order valence-corrected chi connectivity index (χ1v) is 5.59. The number of phosphoric acid groups is 1. The number of phosphoric ester groups is 1. The van der Waals surface area contributed by atoms with Crippen LogP contribution in [0.4, 0.5) is 0 Å². The second-order valence-corrected chi connectivity index (χ2v) is 4.15. The molecule has 0 aliphatic rings. The summed E-state index contributed by atoms with van der Waals surface area (Å²) in [7, 11) is -5.12. The van der Waals surface area contributed by atoms with Crippen LogP contribution in [0.25, 0.3) is 0 Å². The molecule has 0 aromatic carbocycles. The fourth-order valence-electron chi connectivity index (χ4n) is 0.853. The minimum absolute atomic E-state index is 0.248. The van der Waals surface area contributed by atoms with E-state index in [9.17, 15) is 19.3 Å². The van der Waals surface area contributed by atoms with Crippen molar-refractivity contribution >= 4 is 20.1 Å². The number of carbonyl (C=O) groups is 2. The number of aliphatic hydroxyl groups is 3. The molecule has 0 aromatic rings. The van der Waals surface area contributed by atoms with E-state index in [1.54, 1.807) is 0 Å². The Balaban J connectivity index is 4.75. The molecule has 4 atom stereocenters. The maximum atomic E-state index is 10.4. The van der Waals surface area contributed by atoms with Gasteiger partial charge in [-0.15, -0.1) is 0 Å². The maximum absolute atomic E-state index is 10.4. The molecule has 0 heterocycles. The van der Waals surface area contributed by atoms with Crippen molar-refractivity contribution in [1.29, 1.82) is 0 Å². The third kappa shape index (κ3) is 5.33. The third-order valence-corrected chi connectivity index (χ3v) is 2.17. The number of rotatable bonds is 7. The molecule has 0 amide bonds. The van der Waals surface area contributed by atoms with Crippen molar-refractivity contribution in [2.75, 3.05) is 0 Å². The van der Waals surface area contributed by atoms with Gasteiger partial charge in [0, 0.05) is 0 Å². The standard InChI is InChI=1S/C6H11O10P/c7-1-2(16-17(13,14)15)3(8)4(9)5(10)6(11)12/h1-5,8-10H,(H,11,12)(H2,13,14,15)/t2-,3+,4-,5-/m0/s1. The van der Waals surface area contributed by atoms with Crippen molar-refractivity contribution in [3.8, 4) is 0 Å². The molecule has 0 aromatic heterocycles. The van der Waals surface area contributed by atoms with Crippen LogP contribution in [0, 0.1) is 0 Å². The number of carboxylic acids is 1. The Labute approximate surface area is 94.3 Å². The molecule has 0 saturated heterocycles. The van der Waals surface area contributed by atoms with E-state index in [1.165, 1.54) is 0 Å². The summed E-state index contributed by atoms with van der Waals surface area (Å²) in [6.45, 7) is 0. The van der Waals surface area contributed by atoms with Gasteiger partial charge in [-0.25, -0.2) is 9.36 Å². The minimum Gasteiger partial charge on any atom is -0.479 e. The van der Waals surface area contributed by atoms with E-state index in [2.05, 4.69) is 4.52 Å². The van der Waals surface area contributed by atoms with Crippen LogP contribution in [0.5, 0.6) is 0 Å². The summed E-state index contributed by atoms with van der Waals surface area (Å²) < 4.78 is 14.2. The lowest BCUT2D eigenvalue weighted by Gasteiger charge is -2.24. The zero-order valence-corrected chi connectivity index (χ0v) is 9.04. The first kappa shape index (κ1) is 16.1. The van der Waals surface area contributed by atoms with Crippen LogP contribution in [0.2, 0.25) is 0 Å². The number of aldehydes is 1. The first-order chi connectivity index (χ1) is 7.60. The molecule has 11 heteroatoms. The van der Waals surface area contributed by atoms with Gasteiger partial charge in [0.2, 0.25) is 0 Å². The largest absolute Gasteiger partial charge is 0.479 e. The summed E-state index contributed by atoms with van der Waals surface area (Å²) in [5.41, 5.74) is 0. The maximum Gasteiger partial charge on any atom is 0.470 e. The monoisotopic (exact) mass is 274 g/mol. The number of carbonyl (C=O) groups excluding carboxylic acids is 1. The second-order valence-electron chi connectivity index (χ2n) is 2.96. The normalized spacial score (nSPS) is 19.1. The highest BCUT2D eigenvalue weighted by Crippen LogP contribution is 2.38. The van der Waals surface area contributed by atoms with Gasteiger partial charge in [0.1, 0.15) is 12.2 Å². The fourth-order valence-corrected chi connectivity index (χ4v) is 1.34. The van der Waals surface area contributed by atoms with E-state index in [4.69, 9.17) is 25.1 Å². The number of aliphatic hydroxyl groups excluding tert-OH is 3. The van der Waals surface area contributed by atoms with Gasteiger partial charge in [0.05, 0.1) is 0 Å². The van der Waals surface area contributed by atoms with Crippen molar-refractivity contribution in [3.63, 3.8) is 0 Å². The molecule has 0 radical (unpaired) electrons. The lowest BCUT2D eigenvalue weighted by Crippen LogP contribution is -2.48. The molecule has 10 nitrogen and oxygen atoms in total. The summed E-state index contributed by atoms with van der Waals surface area (Å²) in [6.07, 6.45) is -9.53. The van der Waals surface area contributed by atoms with E-state index in [0.29, 0.717) is 0 Å². The third-order valence-electron chi connectivity index (χ3n) is 1.66. The molecule has 0 bridgehead atoms. The number of hydrogen-bond acceptors (Lipinski definition) is 7. The summed E-state index contributed by atoms with van der Waals surface area (Å²) in [6, 6.07) is 0. The van der Waals surface area contributed by atoms with Crippen LogP contribution in [0.15, 0.2) is 0 Å². The smallest absolute Gasteiger partial charge is 0.470 e. The van der Waals surface area contributed by atoms with E-state index in [-0.39, 0.29) is 6.29 Å². The Hall–Kier alpha value is -0.870. The molecule has 0 spiro atoms. The quantitative estimate of drug-likeness (QED) is 0.204. The van der Waals surface area contributed by atoms with E-state index >= 15 is 0 Å². The Morgan fingerprint density at radius 3 is 1.94 bits per heavy atom. The van der Waals surface area contributed by atoms with Crippen molar-refractivity contribution < 1.29 is 48.9 Å². The van der Waals surface area contributed by atoms with Crippen molar-refractivity contribution in [1.82, 2.24) is 0 Å². The van der Waals surface area contributed by atoms with Gasteiger partial charge in [0.15, 0.2) is 18.5 Å². The van der Waals surface area contributed by atoms with E-state index in [0.717, 1.165) is 0 Å². The lowest BCUT2D eigenvalue weighted by molar-refractivity contribution is -0.163. The molecule has 17 heavy (non-hydrogen) atoms. The highest BCUT2D eigenvalue weighted by Gasteiger charge is 2.38. The second kappa shape index (κ2) is 6.17. The van der Waals surface area contributed by atoms with Crippen LogP contribution in [-0.4, -0.2) is 66.9 Å². The Bertz CT molecular complexity index is 323. The molecular formula is C6H11O10P. The molecule has 0 fully saturated rings. The predicted octanol–water partition coefficient (Wildman–Crippen LogP) is -3.17. The topological polar surface area (TPSA) is 182 Å². The molecule has 100 valence electrons. The molecule has 0 rings (SSSR count). The van der Waals surface area contributed by atoms with E-state index in [1.807, 2.05) is 0 Å². The van der Waals surface area contributed by atoms with Gasteiger partial charge in [0.25, 0.3) is 0 Å². The van der Waals surface area contributed by atoms with E-state index < -0.39 is 38.2 Å². The van der Waals surface area contributed by atoms with Gasteiger partial charge in [-0.2, -0.15) is 0 Å². The van der Waals surface area contributed by atoms with Gasteiger partial charge in [-0.3, -0.25) is 4.52 Å². The van der Waals surface area contributed by atoms with Crippen molar-refractivity contribution in [2.24, 2.45) is 0 Å². The minimum atomic E-state index is -5.12. The van der Waals surface area contributed by atoms with Crippen LogP contribution in [0.1, 0.15) is 0 Å². The molecule has 0 saturated carbocycles. The van der Waals surface area contributed by atoms with Crippen LogP contribution in [-0.2, 0) is 18.7 Å². The van der Waals surface area contributed by atoms with Crippen molar-refractivity contribution in [3.05, 3.63) is 0 Å². The Kier molecular flexibility index (Phi) is 5.85. The van der Waals surface area contributed by atoms with Crippen LogP contribution < -0.4 is 0 Å². The molecule has 0 aliphatic carbocycles. The summed E-state index contributed by atoms with van der Waals surface area (Å²) in [4.78, 5) is 37.3. The van der Waals surface area contributed by atoms with Gasteiger partial charge >= 0.3 is 13.8 Å². The molecule has 6 N–H and O–H groups in total. The van der Waals surface area contributed by atoms with Gasteiger partial charge < -0.3 is 35.0 Å². The van der Waals surface area contributed by atoms with Gasteiger partial charge in [-0.1, -0.05) is 0 Å². The summed E-state index contributed by atoms with van der Waals surface area (Å²) >= 11 is 0. The lowest BCUT2D eigenvalue weighted by atomic mass is 10.0. The predicted molar refractivity (Wildman–Crippen MR) is 48.6 cm³/mol. The van der Waals surface area contributed by atoms with Gasteiger partial charge in [-0.05, 0) is 0 Å². The Morgan fingerprint density at radius 1 is 1.18 bits per heavy atom. The van der Waals surface area contributed by atoms with Crippen molar-refractivity contribution in [2.45, 2.75) is 24.4 Å².